The summed E-state index contributed by atoms with van der Waals surface area (Å²) in [6, 6.07) is 4.83. The first-order valence-electron chi connectivity index (χ1n) is 6.99. The number of aryl methyl sites for hydroxylation is 1. The lowest BCUT2D eigenvalue weighted by molar-refractivity contribution is 0.670. The molecule has 1 aromatic heterocycles. The lowest BCUT2D eigenvalue weighted by Crippen LogP contribution is -2.31. The van der Waals surface area contributed by atoms with E-state index >= 15 is 0 Å². The highest BCUT2D eigenvalue weighted by atomic mass is 32.2. The number of nitrogens with one attached hydrogen (secondary N) is 1. The van der Waals surface area contributed by atoms with E-state index in [4.69, 9.17) is 4.98 Å². The molecule has 108 valence electrons. The first-order chi connectivity index (χ1) is 9.10. The van der Waals surface area contributed by atoms with Gasteiger partial charge in [0.25, 0.3) is 0 Å². The van der Waals surface area contributed by atoms with E-state index in [1.54, 1.807) is 0 Å². The Labute approximate surface area is 122 Å². The minimum atomic E-state index is 0.506. The molecule has 1 heterocycles. The van der Waals surface area contributed by atoms with Gasteiger partial charge in [-0.25, -0.2) is 4.98 Å². The van der Waals surface area contributed by atoms with Crippen molar-refractivity contribution in [1.82, 2.24) is 10.3 Å². The van der Waals surface area contributed by atoms with Crippen molar-refractivity contribution in [2.45, 2.75) is 39.8 Å². The fraction of sp³-hybridized carbons (Fsp3) is 0.667. The maximum Gasteiger partial charge on any atom is 0.128 e. The largest absolute Gasteiger partial charge is 0.356 e. The van der Waals surface area contributed by atoms with E-state index in [0.29, 0.717) is 6.04 Å². The van der Waals surface area contributed by atoms with E-state index in [-0.39, 0.29) is 0 Å². The number of nitrogens with zero attached hydrogens (tertiary/aromatic N) is 2. The van der Waals surface area contributed by atoms with E-state index in [1.807, 2.05) is 11.8 Å². The Kier molecular flexibility index (Phi) is 7.24. The van der Waals surface area contributed by atoms with Gasteiger partial charge in [-0.2, -0.15) is 11.8 Å². The average Bonchev–Trinajstić information content (AvgIpc) is 2.40. The molecule has 1 unspecified atom stereocenters. The molecule has 1 N–H and O–H groups in total. The summed E-state index contributed by atoms with van der Waals surface area (Å²) in [7, 11) is 2.12. The molecule has 0 aromatic carbocycles. The zero-order valence-corrected chi connectivity index (χ0v) is 13.7. The van der Waals surface area contributed by atoms with Gasteiger partial charge < -0.3 is 10.2 Å². The summed E-state index contributed by atoms with van der Waals surface area (Å²) in [4.78, 5) is 6.99. The molecular weight excluding hydrogens is 254 g/mol. The van der Waals surface area contributed by atoms with Crippen molar-refractivity contribution in [1.29, 1.82) is 0 Å². The van der Waals surface area contributed by atoms with Crippen LogP contribution in [0.1, 0.15) is 31.5 Å². The number of thioether (sulfide) groups is 1. The third kappa shape index (κ3) is 5.03. The van der Waals surface area contributed by atoms with Crippen molar-refractivity contribution in [3.63, 3.8) is 0 Å². The van der Waals surface area contributed by atoms with Gasteiger partial charge in [-0.3, -0.25) is 0 Å². The quantitative estimate of drug-likeness (QED) is 0.741. The predicted molar refractivity (Wildman–Crippen MR) is 87.2 cm³/mol. The second-order valence-corrected chi connectivity index (χ2v) is 5.92. The summed E-state index contributed by atoms with van der Waals surface area (Å²) in [5.74, 6) is 2.19. The molecule has 0 saturated carbocycles. The van der Waals surface area contributed by atoms with Crippen LogP contribution in [0.4, 0.5) is 5.82 Å². The maximum absolute atomic E-state index is 4.73. The zero-order chi connectivity index (χ0) is 14.3. The van der Waals surface area contributed by atoms with E-state index in [0.717, 1.165) is 30.4 Å². The van der Waals surface area contributed by atoms with Gasteiger partial charge >= 0.3 is 0 Å². The van der Waals surface area contributed by atoms with Crippen molar-refractivity contribution < 1.29 is 0 Å². The molecule has 0 spiro atoms. The second kappa shape index (κ2) is 8.43. The van der Waals surface area contributed by atoms with Crippen LogP contribution in [0.25, 0.3) is 0 Å². The molecule has 0 amide bonds. The summed E-state index contributed by atoms with van der Waals surface area (Å²) in [6.45, 7) is 8.50. The smallest absolute Gasteiger partial charge is 0.128 e. The Morgan fingerprint density at radius 3 is 2.74 bits per heavy atom. The highest BCUT2D eigenvalue weighted by Crippen LogP contribution is 2.17. The van der Waals surface area contributed by atoms with Crippen LogP contribution in [0.3, 0.4) is 0 Å². The van der Waals surface area contributed by atoms with Crippen molar-refractivity contribution >= 4 is 17.6 Å². The Morgan fingerprint density at radius 2 is 2.16 bits per heavy atom. The van der Waals surface area contributed by atoms with Gasteiger partial charge in [0.05, 0.1) is 0 Å². The van der Waals surface area contributed by atoms with Crippen molar-refractivity contribution in [3.8, 4) is 0 Å². The molecule has 0 aliphatic heterocycles. The van der Waals surface area contributed by atoms with E-state index in [1.165, 1.54) is 12.0 Å². The lowest BCUT2D eigenvalue weighted by Gasteiger charge is -2.26. The first kappa shape index (κ1) is 16.3. The Morgan fingerprint density at radius 1 is 1.42 bits per heavy atom. The number of pyridine rings is 1. The van der Waals surface area contributed by atoms with Crippen LogP contribution >= 0.6 is 11.8 Å². The van der Waals surface area contributed by atoms with Crippen LogP contribution < -0.4 is 10.2 Å². The van der Waals surface area contributed by atoms with Gasteiger partial charge in [-0.1, -0.05) is 13.0 Å². The first-order valence-corrected chi connectivity index (χ1v) is 8.38. The second-order valence-electron chi connectivity index (χ2n) is 5.01. The molecule has 1 rings (SSSR count). The molecule has 4 heteroatoms. The summed E-state index contributed by atoms with van der Waals surface area (Å²) in [6.07, 6.45) is 3.31. The molecule has 0 radical (unpaired) electrons. The van der Waals surface area contributed by atoms with Gasteiger partial charge in [0.1, 0.15) is 5.82 Å². The van der Waals surface area contributed by atoms with Gasteiger partial charge in [0, 0.05) is 31.1 Å². The molecule has 0 saturated heterocycles. The van der Waals surface area contributed by atoms with Crippen molar-refractivity contribution in [2.75, 3.05) is 30.5 Å². The zero-order valence-electron chi connectivity index (χ0n) is 12.9. The fourth-order valence-corrected chi connectivity index (χ4v) is 2.64. The summed E-state index contributed by atoms with van der Waals surface area (Å²) in [5.41, 5.74) is 2.42. The Hall–Kier alpha value is -0.740. The Balaban J connectivity index is 2.70. The monoisotopic (exact) mass is 281 g/mol. The highest BCUT2D eigenvalue weighted by molar-refractivity contribution is 7.98. The summed E-state index contributed by atoms with van der Waals surface area (Å²) in [5, 5.41) is 3.43. The molecule has 1 atom stereocenters. The minimum absolute atomic E-state index is 0.506. The van der Waals surface area contributed by atoms with Gasteiger partial charge in [0.2, 0.25) is 0 Å². The van der Waals surface area contributed by atoms with Crippen LogP contribution in [0.5, 0.6) is 0 Å². The number of rotatable bonds is 8. The summed E-state index contributed by atoms with van der Waals surface area (Å²) < 4.78 is 0. The topological polar surface area (TPSA) is 28.2 Å². The molecule has 0 aliphatic carbocycles. The van der Waals surface area contributed by atoms with Crippen LogP contribution in [-0.2, 0) is 6.54 Å². The van der Waals surface area contributed by atoms with Crippen LogP contribution in [0.15, 0.2) is 12.1 Å². The third-order valence-electron chi connectivity index (χ3n) is 3.35. The van der Waals surface area contributed by atoms with Gasteiger partial charge in [0.15, 0.2) is 0 Å². The minimum Gasteiger partial charge on any atom is -0.356 e. The predicted octanol–water partition coefficient (Wildman–Crippen LogP) is 3.08. The molecule has 1 aromatic rings. The van der Waals surface area contributed by atoms with E-state index < -0.39 is 0 Å². The molecule has 0 aliphatic rings. The van der Waals surface area contributed by atoms with Crippen molar-refractivity contribution in [2.24, 2.45) is 0 Å². The standard InChI is InChI=1S/C15H27N3S/c1-6-9-16-10-14-7-8-15(17-13(14)3)18(4)12(2)11-19-5/h7-8,12,16H,6,9-11H2,1-5H3. The number of hydrogen-bond donors (Lipinski definition) is 1. The maximum atomic E-state index is 4.73. The van der Waals surface area contributed by atoms with E-state index in [2.05, 4.69) is 56.4 Å². The molecule has 0 bridgehead atoms. The Bertz CT molecular complexity index is 382. The van der Waals surface area contributed by atoms with Crippen LogP contribution in [-0.4, -0.2) is 36.6 Å². The number of hydrogen-bond acceptors (Lipinski definition) is 4. The van der Waals surface area contributed by atoms with Gasteiger partial charge in [-0.15, -0.1) is 0 Å². The van der Waals surface area contributed by atoms with Crippen molar-refractivity contribution in [3.05, 3.63) is 23.4 Å². The van der Waals surface area contributed by atoms with Gasteiger partial charge in [-0.05, 0) is 44.7 Å². The fourth-order valence-electron chi connectivity index (χ4n) is 1.94. The molecule has 19 heavy (non-hydrogen) atoms. The average molecular weight is 281 g/mol. The number of aromatic nitrogens is 1. The molecular formula is C15H27N3S. The molecule has 3 nitrogen and oxygen atoms in total. The SMILES string of the molecule is CCCNCc1ccc(N(C)C(C)CSC)nc1C. The molecule has 0 fully saturated rings. The van der Waals surface area contributed by atoms with Crippen LogP contribution in [0.2, 0.25) is 0 Å². The van der Waals surface area contributed by atoms with E-state index in [9.17, 15) is 0 Å². The highest BCUT2D eigenvalue weighted by Gasteiger charge is 2.11. The summed E-state index contributed by atoms with van der Waals surface area (Å²) >= 11 is 1.87. The number of anilines is 1. The normalized spacial score (nSPS) is 12.5. The third-order valence-corrected chi connectivity index (χ3v) is 4.17. The van der Waals surface area contributed by atoms with Crippen LogP contribution in [0, 0.1) is 6.92 Å². The lowest BCUT2D eigenvalue weighted by atomic mass is 10.2.